The van der Waals surface area contributed by atoms with E-state index in [0.717, 1.165) is 12.2 Å². The molecule has 0 unspecified atom stereocenters. The van der Waals surface area contributed by atoms with E-state index >= 15 is 0 Å². The molecule has 3 heteroatoms. The zero-order chi connectivity index (χ0) is 20.5. The number of esters is 1. The van der Waals surface area contributed by atoms with Crippen molar-refractivity contribution in [2.75, 3.05) is 14.2 Å². The van der Waals surface area contributed by atoms with Crippen molar-refractivity contribution in [2.45, 2.75) is 77.6 Å². The standard InChI is InChI=1S/C25H38O3/c1-4-5-6-7-8-9-10-11-12-13-15-22(16-14-17-25(26)28-3)23-18-20-24(27-2)21-19-23/h14,16-21H,4-13,15H2,1-3H3/b17-14+,22-16+. The van der Waals surface area contributed by atoms with Crippen molar-refractivity contribution >= 4 is 11.5 Å². The number of unbranched alkanes of at least 4 members (excludes halogenated alkanes) is 9. The zero-order valence-corrected chi connectivity index (χ0v) is 18.0. The van der Waals surface area contributed by atoms with E-state index < -0.39 is 0 Å². The van der Waals surface area contributed by atoms with Gasteiger partial charge in [0, 0.05) is 6.08 Å². The molecule has 0 saturated heterocycles. The van der Waals surface area contributed by atoms with Crippen LogP contribution in [0, 0.1) is 0 Å². The Hall–Kier alpha value is -2.03. The number of rotatable bonds is 15. The SMILES string of the molecule is CCCCCCCCCCCC/C(=C\C=C\C(=O)OC)c1ccc(OC)cc1. The number of carbonyl (C=O) groups excluding carboxylic acids is 1. The van der Waals surface area contributed by atoms with Gasteiger partial charge in [-0.1, -0.05) is 89.0 Å². The van der Waals surface area contributed by atoms with E-state index in [-0.39, 0.29) is 5.97 Å². The molecule has 3 nitrogen and oxygen atoms in total. The molecule has 0 spiro atoms. The summed E-state index contributed by atoms with van der Waals surface area (Å²) in [5.41, 5.74) is 2.41. The Kier molecular flexibility index (Phi) is 13.7. The van der Waals surface area contributed by atoms with Gasteiger partial charge in [-0.2, -0.15) is 0 Å². The normalized spacial score (nSPS) is 11.8. The molecule has 156 valence electrons. The molecule has 0 radical (unpaired) electrons. The quantitative estimate of drug-likeness (QED) is 0.139. The van der Waals surface area contributed by atoms with E-state index in [9.17, 15) is 4.79 Å². The predicted molar refractivity (Wildman–Crippen MR) is 119 cm³/mol. The third-order valence-electron chi connectivity index (χ3n) is 4.99. The Morgan fingerprint density at radius 1 is 0.857 bits per heavy atom. The molecule has 28 heavy (non-hydrogen) atoms. The van der Waals surface area contributed by atoms with Gasteiger partial charge in [-0.05, 0) is 36.1 Å². The van der Waals surface area contributed by atoms with Gasteiger partial charge in [0.25, 0.3) is 0 Å². The first-order valence-corrected chi connectivity index (χ1v) is 10.8. The average molecular weight is 387 g/mol. The Balaban J connectivity index is 2.44. The van der Waals surface area contributed by atoms with Crippen LogP contribution in [0.3, 0.4) is 0 Å². The van der Waals surface area contributed by atoms with E-state index in [2.05, 4.69) is 23.8 Å². The Bertz CT molecular complexity index is 584. The zero-order valence-electron chi connectivity index (χ0n) is 18.0. The first kappa shape index (κ1) is 24.0. The van der Waals surface area contributed by atoms with Crippen molar-refractivity contribution < 1.29 is 14.3 Å². The smallest absolute Gasteiger partial charge is 0.330 e. The lowest BCUT2D eigenvalue weighted by molar-refractivity contribution is -0.134. The lowest BCUT2D eigenvalue weighted by Gasteiger charge is -2.09. The van der Waals surface area contributed by atoms with Gasteiger partial charge in [0.2, 0.25) is 0 Å². The number of hydrogen-bond acceptors (Lipinski definition) is 3. The van der Waals surface area contributed by atoms with Crippen molar-refractivity contribution in [3.63, 3.8) is 0 Å². The predicted octanol–water partition coefficient (Wildman–Crippen LogP) is 7.12. The van der Waals surface area contributed by atoms with Crippen LogP contribution < -0.4 is 4.74 Å². The second-order valence-electron chi connectivity index (χ2n) is 7.23. The summed E-state index contributed by atoms with van der Waals surface area (Å²) in [5, 5.41) is 0. The minimum atomic E-state index is -0.329. The van der Waals surface area contributed by atoms with Gasteiger partial charge in [-0.3, -0.25) is 0 Å². The number of ether oxygens (including phenoxy) is 2. The molecule has 0 aliphatic rings. The Morgan fingerprint density at radius 3 is 1.96 bits per heavy atom. The lowest BCUT2D eigenvalue weighted by atomic mass is 9.98. The molecule has 0 heterocycles. The van der Waals surface area contributed by atoms with E-state index in [1.807, 2.05) is 18.2 Å². The Labute approximate surface area is 171 Å². The lowest BCUT2D eigenvalue weighted by Crippen LogP contribution is -1.93. The van der Waals surface area contributed by atoms with Crippen LogP contribution in [-0.4, -0.2) is 20.2 Å². The van der Waals surface area contributed by atoms with Crippen LogP contribution >= 0.6 is 0 Å². The Morgan fingerprint density at radius 2 is 1.43 bits per heavy atom. The molecule has 0 aliphatic carbocycles. The fourth-order valence-electron chi connectivity index (χ4n) is 3.24. The summed E-state index contributed by atoms with van der Waals surface area (Å²) in [7, 11) is 3.07. The van der Waals surface area contributed by atoms with Crippen LogP contribution in [0.2, 0.25) is 0 Å². The maximum absolute atomic E-state index is 11.3. The first-order chi connectivity index (χ1) is 13.7. The molecule has 0 aliphatic heterocycles. The largest absolute Gasteiger partial charge is 0.497 e. The number of hydrogen-bond donors (Lipinski definition) is 0. The highest BCUT2D eigenvalue weighted by Crippen LogP contribution is 2.24. The minimum Gasteiger partial charge on any atom is -0.497 e. The van der Waals surface area contributed by atoms with E-state index in [4.69, 9.17) is 4.74 Å². The number of carbonyl (C=O) groups is 1. The number of methoxy groups -OCH3 is 2. The number of allylic oxidation sites excluding steroid dienone is 3. The summed E-state index contributed by atoms with van der Waals surface area (Å²) in [6.45, 7) is 2.26. The molecule has 0 bridgehead atoms. The highest BCUT2D eigenvalue weighted by molar-refractivity contribution is 5.82. The minimum absolute atomic E-state index is 0.329. The van der Waals surface area contributed by atoms with Gasteiger partial charge in [0.1, 0.15) is 5.75 Å². The second-order valence-corrected chi connectivity index (χ2v) is 7.23. The molecule has 0 saturated carbocycles. The maximum Gasteiger partial charge on any atom is 0.330 e. The first-order valence-electron chi connectivity index (χ1n) is 10.8. The van der Waals surface area contributed by atoms with Gasteiger partial charge in [-0.15, -0.1) is 0 Å². The average Bonchev–Trinajstić information content (AvgIpc) is 2.73. The summed E-state index contributed by atoms with van der Waals surface area (Å²) >= 11 is 0. The summed E-state index contributed by atoms with van der Waals surface area (Å²) in [4.78, 5) is 11.3. The van der Waals surface area contributed by atoms with Crippen molar-refractivity contribution in [3.05, 3.63) is 48.1 Å². The van der Waals surface area contributed by atoms with Gasteiger partial charge >= 0.3 is 5.97 Å². The number of benzene rings is 1. The molecule has 1 aromatic carbocycles. The van der Waals surface area contributed by atoms with Crippen molar-refractivity contribution in [1.82, 2.24) is 0 Å². The van der Waals surface area contributed by atoms with E-state index in [0.29, 0.717) is 0 Å². The molecular weight excluding hydrogens is 348 g/mol. The third kappa shape index (κ3) is 11.0. The molecule has 0 aromatic heterocycles. The molecule has 0 N–H and O–H groups in total. The van der Waals surface area contributed by atoms with Crippen molar-refractivity contribution in [1.29, 1.82) is 0 Å². The third-order valence-corrected chi connectivity index (χ3v) is 4.99. The van der Waals surface area contributed by atoms with Gasteiger partial charge < -0.3 is 9.47 Å². The monoisotopic (exact) mass is 386 g/mol. The van der Waals surface area contributed by atoms with E-state index in [1.54, 1.807) is 13.2 Å². The fourth-order valence-corrected chi connectivity index (χ4v) is 3.24. The second kappa shape index (κ2) is 16.0. The highest BCUT2D eigenvalue weighted by atomic mass is 16.5. The molecule has 0 fully saturated rings. The summed E-state index contributed by atoms with van der Waals surface area (Å²) in [6, 6.07) is 8.11. The van der Waals surface area contributed by atoms with Gasteiger partial charge in [0.15, 0.2) is 0 Å². The summed E-state index contributed by atoms with van der Waals surface area (Å²) in [6.07, 6.45) is 19.6. The van der Waals surface area contributed by atoms with Crippen molar-refractivity contribution in [2.24, 2.45) is 0 Å². The maximum atomic E-state index is 11.3. The molecule has 0 amide bonds. The van der Waals surface area contributed by atoms with Crippen LogP contribution in [0.15, 0.2) is 42.5 Å². The van der Waals surface area contributed by atoms with Crippen LogP contribution in [0.5, 0.6) is 5.75 Å². The van der Waals surface area contributed by atoms with Crippen LogP contribution in [-0.2, 0) is 9.53 Å². The highest BCUT2D eigenvalue weighted by Gasteiger charge is 2.03. The van der Waals surface area contributed by atoms with Crippen molar-refractivity contribution in [3.8, 4) is 5.75 Å². The topological polar surface area (TPSA) is 35.5 Å². The summed E-state index contributed by atoms with van der Waals surface area (Å²) in [5.74, 6) is 0.524. The fraction of sp³-hybridized carbons (Fsp3) is 0.560. The van der Waals surface area contributed by atoms with Gasteiger partial charge in [0.05, 0.1) is 14.2 Å². The van der Waals surface area contributed by atoms with Crippen LogP contribution in [0.4, 0.5) is 0 Å². The van der Waals surface area contributed by atoms with Crippen LogP contribution in [0.25, 0.3) is 5.57 Å². The molecule has 0 atom stereocenters. The van der Waals surface area contributed by atoms with Gasteiger partial charge in [-0.25, -0.2) is 4.79 Å². The molecule has 1 aromatic rings. The summed E-state index contributed by atoms with van der Waals surface area (Å²) < 4.78 is 9.91. The molecular formula is C25H38O3. The van der Waals surface area contributed by atoms with E-state index in [1.165, 1.54) is 88.5 Å². The van der Waals surface area contributed by atoms with Crippen LogP contribution in [0.1, 0.15) is 83.1 Å². The molecule has 1 rings (SSSR count).